The van der Waals surface area contributed by atoms with E-state index in [1.807, 2.05) is 0 Å². The van der Waals surface area contributed by atoms with E-state index in [0.717, 1.165) is 15.8 Å². The molecule has 1 aromatic carbocycles. The van der Waals surface area contributed by atoms with Crippen molar-refractivity contribution in [1.29, 1.82) is 0 Å². The standard InChI is InChI=1S/C10H13BrO3/c1-14-7-2-3-8(9(11)6-7)10(13)4-5-12/h2-3,6,10,12-13H,4-5H2,1H3. The molecule has 0 fully saturated rings. The smallest absolute Gasteiger partial charge is 0.120 e. The van der Waals surface area contributed by atoms with E-state index in [2.05, 4.69) is 15.9 Å². The zero-order valence-corrected chi connectivity index (χ0v) is 9.49. The molecule has 0 aliphatic carbocycles. The van der Waals surface area contributed by atoms with Crippen molar-refractivity contribution < 1.29 is 14.9 Å². The van der Waals surface area contributed by atoms with Crippen molar-refractivity contribution in [1.82, 2.24) is 0 Å². The van der Waals surface area contributed by atoms with Crippen LogP contribution in [0.3, 0.4) is 0 Å². The minimum Gasteiger partial charge on any atom is -0.497 e. The molecular weight excluding hydrogens is 248 g/mol. The van der Waals surface area contributed by atoms with Crippen LogP contribution in [-0.2, 0) is 0 Å². The largest absolute Gasteiger partial charge is 0.497 e. The van der Waals surface area contributed by atoms with E-state index in [1.165, 1.54) is 0 Å². The molecule has 78 valence electrons. The summed E-state index contributed by atoms with van der Waals surface area (Å²) in [5, 5.41) is 18.3. The Morgan fingerprint density at radius 3 is 2.71 bits per heavy atom. The Morgan fingerprint density at radius 1 is 1.50 bits per heavy atom. The van der Waals surface area contributed by atoms with Crippen molar-refractivity contribution in [2.45, 2.75) is 12.5 Å². The molecule has 0 aliphatic rings. The molecule has 0 radical (unpaired) electrons. The lowest BCUT2D eigenvalue weighted by atomic mass is 10.1. The van der Waals surface area contributed by atoms with Crippen LogP contribution in [0.25, 0.3) is 0 Å². The van der Waals surface area contributed by atoms with Gasteiger partial charge in [0.05, 0.1) is 13.2 Å². The van der Waals surface area contributed by atoms with Crippen LogP contribution in [-0.4, -0.2) is 23.9 Å². The van der Waals surface area contributed by atoms with Gasteiger partial charge in [-0.1, -0.05) is 22.0 Å². The van der Waals surface area contributed by atoms with Crippen LogP contribution in [0.1, 0.15) is 18.1 Å². The Balaban J connectivity index is 2.88. The summed E-state index contributed by atoms with van der Waals surface area (Å²) in [5.74, 6) is 0.733. The zero-order valence-electron chi connectivity index (χ0n) is 7.90. The number of ether oxygens (including phenoxy) is 1. The molecule has 0 saturated carbocycles. The second-order valence-corrected chi connectivity index (χ2v) is 3.77. The van der Waals surface area contributed by atoms with Crippen LogP contribution in [0.2, 0.25) is 0 Å². The first-order valence-electron chi connectivity index (χ1n) is 4.31. The molecule has 1 rings (SSSR count). The van der Waals surface area contributed by atoms with Crippen molar-refractivity contribution >= 4 is 15.9 Å². The number of benzene rings is 1. The lowest BCUT2D eigenvalue weighted by Crippen LogP contribution is -2.01. The Kier molecular flexibility index (Phi) is 4.38. The van der Waals surface area contributed by atoms with Crippen molar-refractivity contribution in [3.05, 3.63) is 28.2 Å². The summed E-state index contributed by atoms with van der Waals surface area (Å²) in [5.41, 5.74) is 0.764. The highest BCUT2D eigenvalue weighted by atomic mass is 79.9. The lowest BCUT2D eigenvalue weighted by molar-refractivity contribution is 0.133. The van der Waals surface area contributed by atoms with E-state index in [0.29, 0.717) is 6.42 Å². The summed E-state index contributed by atoms with van der Waals surface area (Å²) in [6.07, 6.45) is -0.300. The first-order valence-corrected chi connectivity index (χ1v) is 5.10. The van der Waals surface area contributed by atoms with E-state index in [9.17, 15) is 5.11 Å². The molecular formula is C10H13BrO3. The van der Waals surface area contributed by atoms with E-state index >= 15 is 0 Å². The average molecular weight is 261 g/mol. The Morgan fingerprint density at radius 2 is 2.21 bits per heavy atom. The SMILES string of the molecule is COc1ccc(C(O)CCO)c(Br)c1. The van der Waals surface area contributed by atoms with E-state index in [-0.39, 0.29) is 6.61 Å². The van der Waals surface area contributed by atoms with Gasteiger partial charge < -0.3 is 14.9 Å². The summed E-state index contributed by atoms with van der Waals surface area (Å²) in [7, 11) is 1.59. The maximum absolute atomic E-state index is 9.63. The van der Waals surface area contributed by atoms with Gasteiger partial charge in [0.1, 0.15) is 5.75 Å². The monoisotopic (exact) mass is 260 g/mol. The third kappa shape index (κ3) is 2.70. The molecule has 1 atom stereocenters. The first-order chi connectivity index (χ1) is 6.69. The fourth-order valence-corrected chi connectivity index (χ4v) is 1.80. The number of hydrogen-bond donors (Lipinski definition) is 2. The topological polar surface area (TPSA) is 49.7 Å². The van der Waals surface area contributed by atoms with Crippen LogP contribution in [0.15, 0.2) is 22.7 Å². The minimum absolute atomic E-state index is 0.0281. The van der Waals surface area contributed by atoms with Gasteiger partial charge in [-0.15, -0.1) is 0 Å². The van der Waals surface area contributed by atoms with Gasteiger partial charge in [-0.25, -0.2) is 0 Å². The molecule has 14 heavy (non-hydrogen) atoms. The van der Waals surface area contributed by atoms with Crippen LogP contribution in [0.4, 0.5) is 0 Å². The van der Waals surface area contributed by atoms with Gasteiger partial charge in [0.2, 0.25) is 0 Å². The molecule has 4 heteroatoms. The fraction of sp³-hybridized carbons (Fsp3) is 0.400. The highest BCUT2D eigenvalue weighted by molar-refractivity contribution is 9.10. The second kappa shape index (κ2) is 5.34. The average Bonchev–Trinajstić information content (AvgIpc) is 2.17. The molecule has 0 saturated heterocycles. The summed E-state index contributed by atoms with van der Waals surface area (Å²) in [4.78, 5) is 0. The predicted octanol–water partition coefficient (Wildman–Crippen LogP) is 1.87. The highest BCUT2D eigenvalue weighted by Gasteiger charge is 2.10. The summed E-state index contributed by atoms with van der Waals surface area (Å²) >= 11 is 3.34. The second-order valence-electron chi connectivity index (χ2n) is 2.92. The third-order valence-electron chi connectivity index (χ3n) is 1.97. The number of methoxy groups -OCH3 is 1. The number of hydrogen-bond acceptors (Lipinski definition) is 3. The van der Waals surface area contributed by atoms with E-state index in [4.69, 9.17) is 9.84 Å². The molecule has 3 nitrogen and oxygen atoms in total. The number of rotatable bonds is 4. The Bertz CT molecular complexity index is 301. The van der Waals surface area contributed by atoms with Crippen LogP contribution < -0.4 is 4.74 Å². The quantitative estimate of drug-likeness (QED) is 0.869. The molecule has 0 aliphatic heterocycles. The molecule has 0 bridgehead atoms. The lowest BCUT2D eigenvalue weighted by Gasteiger charge is -2.12. The predicted molar refractivity (Wildman–Crippen MR) is 57.4 cm³/mol. The zero-order chi connectivity index (χ0) is 10.6. The Hall–Kier alpha value is -0.580. The van der Waals surface area contributed by atoms with Crippen LogP contribution in [0.5, 0.6) is 5.75 Å². The molecule has 0 heterocycles. The van der Waals surface area contributed by atoms with E-state index in [1.54, 1.807) is 25.3 Å². The molecule has 1 aromatic rings. The fourth-order valence-electron chi connectivity index (χ4n) is 1.18. The normalized spacial score (nSPS) is 12.6. The molecule has 1 unspecified atom stereocenters. The molecule has 2 N–H and O–H groups in total. The number of halogens is 1. The molecule has 0 spiro atoms. The molecule has 0 aromatic heterocycles. The van der Waals surface area contributed by atoms with Crippen molar-refractivity contribution in [2.75, 3.05) is 13.7 Å². The minimum atomic E-state index is -0.639. The van der Waals surface area contributed by atoms with Gasteiger partial charge in [-0.3, -0.25) is 0 Å². The maximum atomic E-state index is 9.63. The van der Waals surface area contributed by atoms with Crippen LogP contribution >= 0.6 is 15.9 Å². The van der Waals surface area contributed by atoms with Gasteiger partial charge in [-0.05, 0) is 17.7 Å². The van der Waals surface area contributed by atoms with Gasteiger partial charge in [-0.2, -0.15) is 0 Å². The molecule has 0 amide bonds. The van der Waals surface area contributed by atoms with Gasteiger partial charge >= 0.3 is 0 Å². The summed E-state index contributed by atoms with van der Waals surface area (Å²) < 4.78 is 5.82. The third-order valence-corrected chi connectivity index (χ3v) is 2.66. The maximum Gasteiger partial charge on any atom is 0.120 e. The highest BCUT2D eigenvalue weighted by Crippen LogP contribution is 2.28. The number of aliphatic hydroxyl groups is 2. The van der Waals surface area contributed by atoms with Gasteiger partial charge in [0, 0.05) is 17.5 Å². The van der Waals surface area contributed by atoms with Crippen LogP contribution in [0, 0.1) is 0 Å². The van der Waals surface area contributed by atoms with Crippen molar-refractivity contribution in [3.8, 4) is 5.75 Å². The Labute approximate surface area is 91.5 Å². The first kappa shape index (κ1) is 11.5. The van der Waals surface area contributed by atoms with Gasteiger partial charge in [0.15, 0.2) is 0 Å². The van der Waals surface area contributed by atoms with E-state index < -0.39 is 6.10 Å². The van der Waals surface area contributed by atoms with Crippen molar-refractivity contribution in [2.24, 2.45) is 0 Å². The van der Waals surface area contributed by atoms with Crippen molar-refractivity contribution in [3.63, 3.8) is 0 Å². The summed E-state index contributed by atoms with van der Waals surface area (Å²) in [6.45, 7) is -0.0281. The number of aliphatic hydroxyl groups excluding tert-OH is 2. The summed E-state index contributed by atoms with van der Waals surface area (Å²) in [6, 6.07) is 5.35. The van der Waals surface area contributed by atoms with Gasteiger partial charge in [0.25, 0.3) is 0 Å².